The van der Waals surface area contributed by atoms with E-state index in [1.54, 1.807) is 24.3 Å². The summed E-state index contributed by atoms with van der Waals surface area (Å²) in [6, 6.07) is 20.6. The molecule has 0 unspecified atom stereocenters. The summed E-state index contributed by atoms with van der Waals surface area (Å²) >= 11 is 0. The van der Waals surface area contributed by atoms with Crippen molar-refractivity contribution in [2.24, 2.45) is 5.92 Å². The summed E-state index contributed by atoms with van der Waals surface area (Å²) in [5.41, 5.74) is 4.72. The number of hydrogen-bond donors (Lipinski definition) is 1. The van der Waals surface area contributed by atoms with Crippen LogP contribution in [-0.4, -0.2) is 50.6 Å². The number of rotatable bonds is 15. The zero-order valence-electron chi connectivity index (χ0n) is 26.1. The monoisotopic (exact) mass is 614 g/mol. The second-order valence-electron chi connectivity index (χ2n) is 11.1. The Morgan fingerprint density at radius 3 is 2.00 bits per heavy atom. The molecule has 1 fully saturated rings. The summed E-state index contributed by atoms with van der Waals surface area (Å²) in [6.07, 6.45) is 5.29. The Hall–Kier alpha value is -4.08. The van der Waals surface area contributed by atoms with Gasteiger partial charge in [0.15, 0.2) is 6.29 Å². The maximum atomic E-state index is 12.5. The zero-order valence-corrected chi connectivity index (χ0v) is 26.1. The number of hydrogen-bond acceptors (Lipinski definition) is 8. The summed E-state index contributed by atoms with van der Waals surface area (Å²) < 4.78 is 28.3. The number of carbonyl (C=O) groups excluding carboxylic acids is 2. The van der Waals surface area contributed by atoms with E-state index in [4.69, 9.17) is 28.8 Å². The lowest BCUT2D eigenvalue weighted by molar-refractivity contribution is -0.205. The highest BCUT2D eigenvalue weighted by molar-refractivity contribution is 5.90. The first kappa shape index (κ1) is 33.8. The molecule has 1 saturated heterocycles. The number of methoxy groups -OCH3 is 1. The first-order valence-electron chi connectivity index (χ1n) is 15.3. The Labute approximate surface area is 265 Å². The lowest BCUT2D eigenvalue weighted by Gasteiger charge is -2.31. The molecule has 0 atom stereocenters. The molecular weight excluding hydrogens is 572 g/mol. The van der Waals surface area contributed by atoms with Gasteiger partial charge in [0.05, 0.1) is 37.6 Å². The van der Waals surface area contributed by atoms with Crippen molar-refractivity contribution in [1.29, 1.82) is 0 Å². The molecule has 1 aliphatic heterocycles. The van der Waals surface area contributed by atoms with Gasteiger partial charge in [-0.05, 0) is 52.9 Å². The standard InChI is InChI=1S/C37H42O8/c1-5-6-7-8-9-27-23-42-37(43-24-27)34-20-32(45-36(40)26(3)22-41-4)18-19-33(34)30-12-10-28(11-13-30)29-14-16-31(17-15-29)44-35(39)25(2)21-38/h10-20,27,37-38H,2-3,5-9,21-24H2,1,4H3. The van der Waals surface area contributed by atoms with E-state index in [1.807, 2.05) is 42.5 Å². The smallest absolute Gasteiger partial charge is 0.341 e. The highest BCUT2D eigenvalue weighted by Gasteiger charge is 2.26. The van der Waals surface area contributed by atoms with Crippen molar-refractivity contribution in [1.82, 2.24) is 0 Å². The van der Waals surface area contributed by atoms with Crippen LogP contribution in [0, 0.1) is 5.92 Å². The van der Waals surface area contributed by atoms with E-state index in [0.717, 1.165) is 40.7 Å². The number of aliphatic hydroxyl groups is 1. The molecule has 45 heavy (non-hydrogen) atoms. The molecule has 8 nitrogen and oxygen atoms in total. The van der Waals surface area contributed by atoms with Gasteiger partial charge in [0.25, 0.3) is 0 Å². The summed E-state index contributed by atoms with van der Waals surface area (Å²) in [7, 11) is 1.50. The number of benzene rings is 3. The molecule has 1 aliphatic rings. The van der Waals surface area contributed by atoms with E-state index in [1.165, 1.54) is 26.4 Å². The van der Waals surface area contributed by atoms with Crippen LogP contribution in [0.3, 0.4) is 0 Å². The van der Waals surface area contributed by atoms with Gasteiger partial charge < -0.3 is 28.8 Å². The molecule has 0 aromatic heterocycles. The maximum Gasteiger partial charge on any atom is 0.341 e. The van der Waals surface area contributed by atoms with Crippen LogP contribution >= 0.6 is 0 Å². The fraction of sp³-hybridized carbons (Fsp3) is 0.351. The topological polar surface area (TPSA) is 101 Å². The van der Waals surface area contributed by atoms with Crippen molar-refractivity contribution in [3.8, 4) is 33.8 Å². The van der Waals surface area contributed by atoms with Crippen LogP contribution in [-0.2, 0) is 23.8 Å². The van der Waals surface area contributed by atoms with Crippen LogP contribution in [0.5, 0.6) is 11.5 Å². The molecule has 0 aliphatic carbocycles. The summed E-state index contributed by atoms with van der Waals surface area (Å²) in [4.78, 5) is 24.4. The first-order chi connectivity index (χ1) is 21.8. The van der Waals surface area contributed by atoms with Gasteiger partial charge in [0.2, 0.25) is 0 Å². The number of ether oxygens (including phenoxy) is 5. The Balaban J connectivity index is 1.53. The minimum atomic E-state index is -0.667. The predicted molar refractivity (Wildman–Crippen MR) is 173 cm³/mol. The third-order valence-corrected chi connectivity index (χ3v) is 7.60. The van der Waals surface area contributed by atoms with Crippen molar-refractivity contribution in [2.45, 2.75) is 45.3 Å². The number of aliphatic hydroxyl groups excluding tert-OH is 1. The molecule has 4 rings (SSSR count). The van der Waals surface area contributed by atoms with Crippen LogP contribution in [0.15, 0.2) is 91.0 Å². The summed E-state index contributed by atoms with van der Waals surface area (Å²) in [5, 5.41) is 9.07. The molecule has 0 bridgehead atoms. The van der Waals surface area contributed by atoms with Gasteiger partial charge in [0, 0.05) is 18.6 Å². The Bertz CT molecular complexity index is 1450. The summed E-state index contributed by atoms with van der Waals surface area (Å²) in [6.45, 7) is 10.3. The minimum absolute atomic E-state index is 0.0111. The third-order valence-electron chi connectivity index (χ3n) is 7.60. The molecular formula is C37H42O8. The van der Waals surface area contributed by atoms with Gasteiger partial charge >= 0.3 is 11.9 Å². The first-order valence-corrected chi connectivity index (χ1v) is 15.3. The van der Waals surface area contributed by atoms with E-state index in [9.17, 15) is 9.59 Å². The Morgan fingerprint density at radius 2 is 1.38 bits per heavy atom. The van der Waals surface area contributed by atoms with E-state index in [0.29, 0.717) is 30.6 Å². The fourth-order valence-electron chi connectivity index (χ4n) is 5.03. The largest absolute Gasteiger partial charge is 0.423 e. The van der Waals surface area contributed by atoms with Crippen molar-refractivity contribution < 1.29 is 38.4 Å². The van der Waals surface area contributed by atoms with E-state index in [-0.39, 0.29) is 17.8 Å². The molecule has 238 valence electrons. The number of carbonyl (C=O) groups is 2. The molecule has 0 spiro atoms. The number of unbranched alkanes of at least 4 members (excludes halogenated alkanes) is 3. The molecule has 1 heterocycles. The predicted octanol–water partition coefficient (Wildman–Crippen LogP) is 7.21. The van der Waals surface area contributed by atoms with Gasteiger partial charge in [-0.3, -0.25) is 0 Å². The van der Waals surface area contributed by atoms with Gasteiger partial charge in [-0.1, -0.05) is 88.2 Å². The molecule has 0 radical (unpaired) electrons. The highest BCUT2D eigenvalue weighted by Crippen LogP contribution is 2.37. The maximum absolute atomic E-state index is 12.5. The van der Waals surface area contributed by atoms with Crippen LogP contribution in [0.25, 0.3) is 22.3 Å². The molecule has 0 saturated carbocycles. The molecule has 3 aromatic rings. The second kappa shape index (κ2) is 16.8. The van der Waals surface area contributed by atoms with Crippen LogP contribution in [0.1, 0.15) is 50.9 Å². The van der Waals surface area contributed by atoms with Crippen molar-refractivity contribution in [3.05, 3.63) is 96.6 Å². The van der Waals surface area contributed by atoms with Gasteiger partial charge in [-0.25, -0.2) is 9.59 Å². The van der Waals surface area contributed by atoms with Crippen molar-refractivity contribution >= 4 is 11.9 Å². The quantitative estimate of drug-likeness (QED) is 0.0829. The van der Waals surface area contributed by atoms with Crippen LogP contribution in [0.4, 0.5) is 0 Å². The lowest BCUT2D eigenvalue weighted by Crippen LogP contribution is -2.27. The zero-order chi connectivity index (χ0) is 32.2. The summed E-state index contributed by atoms with van der Waals surface area (Å²) in [5.74, 6) is -0.148. The Morgan fingerprint density at radius 1 is 0.800 bits per heavy atom. The normalized spacial score (nSPS) is 16.2. The van der Waals surface area contributed by atoms with E-state index in [2.05, 4.69) is 20.1 Å². The molecule has 8 heteroatoms. The van der Waals surface area contributed by atoms with Gasteiger partial charge in [-0.15, -0.1) is 0 Å². The Kier molecular flexibility index (Phi) is 12.7. The lowest BCUT2D eigenvalue weighted by atomic mass is 9.95. The fourth-order valence-corrected chi connectivity index (χ4v) is 5.03. The van der Waals surface area contributed by atoms with Crippen molar-refractivity contribution in [3.63, 3.8) is 0 Å². The minimum Gasteiger partial charge on any atom is -0.423 e. The van der Waals surface area contributed by atoms with Crippen molar-refractivity contribution in [2.75, 3.05) is 33.5 Å². The van der Waals surface area contributed by atoms with E-state index < -0.39 is 24.8 Å². The van der Waals surface area contributed by atoms with Crippen LogP contribution in [0.2, 0.25) is 0 Å². The van der Waals surface area contributed by atoms with E-state index >= 15 is 0 Å². The SMILES string of the molecule is C=C(CO)C(=O)Oc1ccc(-c2ccc(-c3ccc(OC(=O)C(=C)COC)cc3C3OCC(CCCCCC)CO3)cc2)cc1. The second-order valence-corrected chi connectivity index (χ2v) is 11.1. The molecule has 0 amide bonds. The molecule has 1 N–H and O–H groups in total. The molecule has 3 aromatic carbocycles. The average Bonchev–Trinajstić information content (AvgIpc) is 3.07. The average molecular weight is 615 g/mol. The van der Waals surface area contributed by atoms with Gasteiger partial charge in [0.1, 0.15) is 11.5 Å². The highest BCUT2D eigenvalue weighted by atomic mass is 16.7. The third kappa shape index (κ3) is 9.45. The van der Waals surface area contributed by atoms with Gasteiger partial charge in [-0.2, -0.15) is 0 Å². The number of esters is 2. The van der Waals surface area contributed by atoms with Crippen LogP contribution < -0.4 is 9.47 Å².